The van der Waals surface area contributed by atoms with Crippen LogP contribution in [-0.4, -0.2) is 42.9 Å². The number of benzene rings is 1. The van der Waals surface area contributed by atoms with Gasteiger partial charge in [0.1, 0.15) is 11.5 Å². The molecule has 0 radical (unpaired) electrons. The first-order chi connectivity index (χ1) is 11.6. The molecule has 0 bridgehead atoms. The molecule has 1 heterocycles. The number of piperidine rings is 1. The number of nitrogens with zero attached hydrogens (tertiary/aromatic N) is 2. The van der Waals surface area contributed by atoms with Crippen LogP contribution in [0, 0.1) is 17.2 Å². The molecule has 1 saturated heterocycles. The molecule has 1 aromatic carbocycles. The highest BCUT2D eigenvalue weighted by Gasteiger charge is 2.49. The SMILES string of the molecule is COc1ccc(OC)c([C@@H]2[C@@H]3CCCC[C@@]3(O)CCN2CC#N)c1. The van der Waals surface area contributed by atoms with Crippen LogP contribution in [0.4, 0.5) is 0 Å². The van der Waals surface area contributed by atoms with E-state index in [0.29, 0.717) is 6.54 Å². The predicted molar refractivity (Wildman–Crippen MR) is 91.0 cm³/mol. The standard InChI is InChI=1S/C19H26N2O3/c1-23-14-6-7-17(24-2)15(13-14)18-16-5-3-4-8-19(16,22)9-11-21(18)12-10-20/h6-7,13,16,18,22H,3-5,8-9,11-12H2,1-2H3/t16-,18+,19+/m0/s1. The third-order valence-corrected chi connectivity index (χ3v) is 5.70. The Morgan fingerprint density at radius 3 is 2.83 bits per heavy atom. The summed E-state index contributed by atoms with van der Waals surface area (Å²) in [5, 5.41) is 20.5. The fourth-order valence-corrected chi connectivity index (χ4v) is 4.49. The van der Waals surface area contributed by atoms with Gasteiger partial charge in [-0.3, -0.25) is 4.90 Å². The van der Waals surface area contributed by atoms with Crippen molar-refractivity contribution in [2.24, 2.45) is 5.92 Å². The Labute approximate surface area is 143 Å². The smallest absolute Gasteiger partial charge is 0.123 e. The summed E-state index contributed by atoms with van der Waals surface area (Å²) in [6.45, 7) is 1.09. The summed E-state index contributed by atoms with van der Waals surface area (Å²) in [5.41, 5.74) is 0.375. The quantitative estimate of drug-likeness (QED) is 0.860. The summed E-state index contributed by atoms with van der Waals surface area (Å²) in [5.74, 6) is 1.68. The lowest BCUT2D eigenvalue weighted by molar-refractivity contribution is -0.122. The molecule has 3 rings (SSSR count). The lowest BCUT2D eigenvalue weighted by Crippen LogP contribution is -2.54. The number of ether oxygens (including phenoxy) is 2. The molecule has 5 nitrogen and oxygen atoms in total. The second-order valence-electron chi connectivity index (χ2n) is 6.89. The molecule has 0 spiro atoms. The van der Waals surface area contributed by atoms with Crippen LogP contribution < -0.4 is 9.47 Å². The van der Waals surface area contributed by atoms with Gasteiger partial charge in [-0.25, -0.2) is 0 Å². The minimum absolute atomic E-state index is 0.0197. The van der Waals surface area contributed by atoms with E-state index < -0.39 is 5.60 Å². The maximum Gasteiger partial charge on any atom is 0.123 e. The van der Waals surface area contributed by atoms with E-state index in [4.69, 9.17) is 9.47 Å². The molecule has 0 unspecified atom stereocenters. The van der Waals surface area contributed by atoms with E-state index in [2.05, 4.69) is 11.0 Å². The molecule has 0 amide bonds. The third kappa shape index (κ3) is 2.97. The third-order valence-electron chi connectivity index (χ3n) is 5.70. The Balaban J connectivity index is 2.07. The average molecular weight is 330 g/mol. The molecule has 1 aliphatic heterocycles. The topological polar surface area (TPSA) is 65.7 Å². The van der Waals surface area contributed by atoms with Crippen molar-refractivity contribution in [2.75, 3.05) is 27.3 Å². The van der Waals surface area contributed by atoms with E-state index >= 15 is 0 Å². The predicted octanol–water partition coefficient (Wildman–Crippen LogP) is 2.90. The Hall–Kier alpha value is -1.77. The molecular formula is C19H26N2O3. The molecule has 1 aliphatic carbocycles. The van der Waals surface area contributed by atoms with Gasteiger partial charge in [0.2, 0.25) is 0 Å². The molecule has 2 fully saturated rings. The van der Waals surface area contributed by atoms with Crippen LogP contribution in [0.1, 0.15) is 43.7 Å². The van der Waals surface area contributed by atoms with Gasteiger partial charge in [-0.2, -0.15) is 5.26 Å². The van der Waals surface area contributed by atoms with Crippen LogP contribution in [-0.2, 0) is 0 Å². The molecule has 1 saturated carbocycles. The zero-order valence-electron chi connectivity index (χ0n) is 14.5. The maximum absolute atomic E-state index is 11.2. The van der Waals surface area contributed by atoms with Gasteiger partial charge in [0.15, 0.2) is 0 Å². The van der Waals surface area contributed by atoms with Gasteiger partial charge in [0, 0.05) is 24.1 Å². The summed E-state index contributed by atoms with van der Waals surface area (Å²) in [6, 6.07) is 8.05. The normalized spacial score (nSPS) is 30.2. The van der Waals surface area contributed by atoms with Crippen LogP contribution in [0.2, 0.25) is 0 Å². The molecular weight excluding hydrogens is 304 g/mol. The number of fused-ring (bicyclic) bond motifs is 1. The maximum atomic E-state index is 11.2. The molecule has 1 N–H and O–H groups in total. The van der Waals surface area contributed by atoms with Gasteiger partial charge in [0.05, 0.1) is 32.4 Å². The molecule has 130 valence electrons. The Bertz CT molecular complexity index is 628. The van der Waals surface area contributed by atoms with Crippen LogP contribution in [0.5, 0.6) is 11.5 Å². The fourth-order valence-electron chi connectivity index (χ4n) is 4.49. The summed E-state index contributed by atoms with van der Waals surface area (Å²) in [4.78, 5) is 2.18. The summed E-state index contributed by atoms with van der Waals surface area (Å²) in [6.07, 6.45) is 4.76. The monoisotopic (exact) mass is 330 g/mol. The highest BCUT2D eigenvalue weighted by Crippen LogP contribution is 2.51. The van der Waals surface area contributed by atoms with Crippen molar-refractivity contribution in [1.82, 2.24) is 4.90 Å². The Morgan fingerprint density at radius 1 is 1.29 bits per heavy atom. The van der Waals surface area contributed by atoms with Crippen molar-refractivity contribution < 1.29 is 14.6 Å². The zero-order valence-corrected chi connectivity index (χ0v) is 14.5. The van der Waals surface area contributed by atoms with E-state index in [-0.39, 0.29) is 12.0 Å². The first-order valence-electron chi connectivity index (χ1n) is 8.68. The molecule has 3 atom stereocenters. The number of hydrogen-bond acceptors (Lipinski definition) is 5. The van der Waals surface area contributed by atoms with Crippen LogP contribution in [0.3, 0.4) is 0 Å². The van der Waals surface area contributed by atoms with Gasteiger partial charge < -0.3 is 14.6 Å². The minimum Gasteiger partial charge on any atom is -0.497 e. The second-order valence-corrected chi connectivity index (χ2v) is 6.89. The Kier molecular flexibility index (Phi) is 4.98. The highest BCUT2D eigenvalue weighted by atomic mass is 16.5. The fraction of sp³-hybridized carbons (Fsp3) is 0.632. The summed E-state index contributed by atoms with van der Waals surface area (Å²) < 4.78 is 11.0. The van der Waals surface area contributed by atoms with E-state index in [9.17, 15) is 10.4 Å². The summed E-state index contributed by atoms with van der Waals surface area (Å²) in [7, 11) is 3.31. The molecule has 0 aromatic heterocycles. The molecule has 24 heavy (non-hydrogen) atoms. The van der Waals surface area contributed by atoms with Crippen LogP contribution in [0.15, 0.2) is 18.2 Å². The van der Waals surface area contributed by atoms with Crippen molar-refractivity contribution >= 4 is 0 Å². The minimum atomic E-state index is -0.636. The van der Waals surface area contributed by atoms with E-state index in [1.54, 1.807) is 14.2 Å². The first kappa shape index (κ1) is 17.1. The van der Waals surface area contributed by atoms with Crippen molar-refractivity contribution in [3.8, 4) is 17.6 Å². The molecule has 5 heteroatoms. The van der Waals surface area contributed by atoms with Crippen molar-refractivity contribution in [1.29, 1.82) is 5.26 Å². The molecule has 2 aliphatic rings. The van der Waals surface area contributed by atoms with Crippen molar-refractivity contribution in [3.05, 3.63) is 23.8 Å². The zero-order chi connectivity index (χ0) is 17.2. The number of aliphatic hydroxyl groups is 1. The second kappa shape index (κ2) is 7.00. The Morgan fingerprint density at radius 2 is 2.12 bits per heavy atom. The molecule has 1 aromatic rings. The number of methoxy groups -OCH3 is 2. The number of hydrogen-bond donors (Lipinski definition) is 1. The number of likely N-dealkylation sites (tertiary alicyclic amines) is 1. The van der Waals surface area contributed by atoms with E-state index in [1.807, 2.05) is 18.2 Å². The number of nitriles is 1. The highest BCUT2D eigenvalue weighted by molar-refractivity contribution is 5.43. The van der Waals surface area contributed by atoms with Crippen molar-refractivity contribution in [3.63, 3.8) is 0 Å². The summed E-state index contributed by atoms with van der Waals surface area (Å²) >= 11 is 0. The van der Waals surface area contributed by atoms with Gasteiger partial charge in [-0.1, -0.05) is 12.8 Å². The van der Waals surface area contributed by atoms with Crippen molar-refractivity contribution in [2.45, 2.75) is 43.7 Å². The van der Waals surface area contributed by atoms with E-state index in [1.165, 1.54) is 0 Å². The lowest BCUT2D eigenvalue weighted by Gasteiger charge is -2.52. The van der Waals surface area contributed by atoms with Gasteiger partial charge in [-0.05, 0) is 37.5 Å². The first-order valence-corrected chi connectivity index (χ1v) is 8.68. The van der Waals surface area contributed by atoms with Gasteiger partial charge >= 0.3 is 0 Å². The number of rotatable bonds is 4. The van der Waals surface area contributed by atoms with Gasteiger partial charge in [-0.15, -0.1) is 0 Å². The van der Waals surface area contributed by atoms with Gasteiger partial charge in [0.25, 0.3) is 0 Å². The van der Waals surface area contributed by atoms with Crippen LogP contribution >= 0.6 is 0 Å². The van der Waals surface area contributed by atoms with Crippen LogP contribution in [0.25, 0.3) is 0 Å². The average Bonchev–Trinajstić information content (AvgIpc) is 2.61. The van der Waals surface area contributed by atoms with E-state index in [0.717, 1.165) is 55.7 Å². The largest absolute Gasteiger partial charge is 0.497 e. The lowest BCUT2D eigenvalue weighted by atomic mass is 9.66.